The van der Waals surface area contributed by atoms with E-state index in [9.17, 15) is 19.7 Å². The Labute approximate surface area is 182 Å². The zero-order valence-electron chi connectivity index (χ0n) is 16.3. The van der Waals surface area contributed by atoms with E-state index < -0.39 is 23.4 Å². The van der Waals surface area contributed by atoms with E-state index in [1.165, 1.54) is 42.5 Å². The Morgan fingerprint density at radius 3 is 2.45 bits per heavy atom. The van der Waals surface area contributed by atoms with Gasteiger partial charge in [0.15, 0.2) is 6.61 Å². The maximum Gasteiger partial charge on any atom is 0.338 e. The molecule has 1 N–H and O–H groups in total. The fourth-order valence-electron chi connectivity index (χ4n) is 2.62. The molecule has 9 heteroatoms. The Bertz CT molecular complexity index is 1130. The number of hydrogen-bond donors (Lipinski definition) is 1. The Hall–Kier alpha value is -3.91. The molecule has 0 spiro atoms. The van der Waals surface area contributed by atoms with Gasteiger partial charge < -0.3 is 14.8 Å². The highest BCUT2D eigenvalue weighted by molar-refractivity contribution is 6.30. The molecule has 0 aliphatic rings. The molecular weight excluding hydrogens is 424 g/mol. The highest BCUT2D eigenvalue weighted by atomic mass is 35.5. The number of carbonyl (C=O) groups is 2. The van der Waals surface area contributed by atoms with Crippen molar-refractivity contribution in [1.82, 2.24) is 0 Å². The predicted molar refractivity (Wildman–Crippen MR) is 115 cm³/mol. The number of amides is 1. The average molecular weight is 441 g/mol. The Morgan fingerprint density at radius 2 is 1.77 bits per heavy atom. The molecule has 0 atom stereocenters. The van der Waals surface area contributed by atoms with Crippen molar-refractivity contribution in [3.63, 3.8) is 0 Å². The van der Waals surface area contributed by atoms with Gasteiger partial charge in [-0.2, -0.15) is 0 Å². The Balaban J connectivity index is 1.59. The molecule has 1 amide bonds. The number of rotatable bonds is 7. The van der Waals surface area contributed by atoms with Crippen LogP contribution in [0.4, 0.5) is 11.4 Å². The van der Waals surface area contributed by atoms with Crippen LogP contribution >= 0.6 is 11.6 Å². The van der Waals surface area contributed by atoms with Crippen molar-refractivity contribution in [2.75, 3.05) is 11.9 Å². The largest absolute Gasteiger partial charge is 0.452 e. The van der Waals surface area contributed by atoms with Crippen LogP contribution in [0, 0.1) is 17.0 Å². The fraction of sp³-hybridized carbons (Fsp3) is 0.0909. The second kappa shape index (κ2) is 9.73. The molecule has 0 aromatic heterocycles. The minimum Gasteiger partial charge on any atom is -0.452 e. The minimum absolute atomic E-state index is 0.0117. The van der Waals surface area contributed by atoms with Gasteiger partial charge in [0, 0.05) is 16.8 Å². The van der Waals surface area contributed by atoms with Gasteiger partial charge in [0.2, 0.25) is 5.75 Å². The van der Waals surface area contributed by atoms with E-state index in [0.29, 0.717) is 5.69 Å². The van der Waals surface area contributed by atoms with Gasteiger partial charge >= 0.3 is 11.7 Å². The number of nitro groups is 1. The van der Waals surface area contributed by atoms with Crippen LogP contribution in [0.15, 0.2) is 66.7 Å². The van der Waals surface area contributed by atoms with Gasteiger partial charge in [0.1, 0.15) is 5.75 Å². The first-order chi connectivity index (χ1) is 14.8. The normalized spacial score (nSPS) is 10.3. The van der Waals surface area contributed by atoms with E-state index in [1.54, 1.807) is 12.1 Å². The number of esters is 1. The van der Waals surface area contributed by atoms with Gasteiger partial charge in [-0.1, -0.05) is 29.8 Å². The van der Waals surface area contributed by atoms with Crippen LogP contribution in [0.1, 0.15) is 15.9 Å². The van der Waals surface area contributed by atoms with Crippen molar-refractivity contribution in [1.29, 1.82) is 0 Å². The number of aryl methyl sites for hydroxylation is 1. The lowest BCUT2D eigenvalue weighted by atomic mass is 10.2. The number of carbonyl (C=O) groups excluding carboxylic acids is 2. The summed E-state index contributed by atoms with van der Waals surface area (Å²) < 4.78 is 10.5. The van der Waals surface area contributed by atoms with Crippen molar-refractivity contribution in [3.8, 4) is 11.5 Å². The van der Waals surface area contributed by atoms with E-state index in [2.05, 4.69) is 5.32 Å². The molecule has 3 aromatic rings. The van der Waals surface area contributed by atoms with E-state index >= 15 is 0 Å². The monoisotopic (exact) mass is 440 g/mol. The van der Waals surface area contributed by atoms with Crippen molar-refractivity contribution in [2.45, 2.75) is 6.92 Å². The molecule has 0 fully saturated rings. The van der Waals surface area contributed by atoms with Crippen LogP contribution in [-0.4, -0.2) is 23.4 Å². The number of nitrogens with one attached hydrogen (secondary N) is 1. The van der Waals surface area contributed by atoms with Gasteiger partial charge in [-0.05, 0) is 55.0 Å². The van der Waals surface area contributed by atoms with E-state index in [0.717, 1.165) is 5.56 Å². The van der Waals surface area contributed by atoms with Crippen LogP contribution in [0.3, 0.4) is 0 Å². The molecule has 158 valence electrons. The highest BCUT2D eigenvalue weighted by Gasteiger charge is 2.17. The van der Waals surface area contributed by atoms with E-state index in [1.807, 2.05) is 19.1 Å². The van der Waals surface area contributed by atoms with Crippen molar-refractivity contribution < 1.29 is 24.0 Å². The molecular formula is C22H17ClN2O6. The van der Waals surface area contributed by atoms with Crippen LogP contribution in [0.25, 0.3) is 0 Å². The molecule has 0 bridgehead atoms. The maximum atomic E-state index is 12.2. The SMILES string of the molecule is Cc1ccccc1NC(=O)COC(=O)c1ccc(Oc2ccc(Cl)cc2[N+](=O)[O-])cc1. The summed E-state index contributed by atoms with van der Waals surface area (Å²) in [5.41, 5.74) is 1.44. The number of anilines is 1. The molecule has 0 heterocycles. The van der Waals surface area contributed by atoms with Crippen LogP contribution < -0.4 is 10.1 Å². The number of nitrogens with zero attached hydrogens (tertiary/aromatic N) is 1. The van der Waals surface area contributed by atoms with Crippen molar-refractivity contribution >= 4 is 34.9 Å². The molecule has 0 saturated heterocycles. The number of nitro benzene ring substituents is 1. The molecule has 0 aliphatic carbocycles. The van der Waals surface area contributed by atoms with Gasteiger partial charge in [-0.25, -0.2) is 4.79 Å². The van der Waals surface area contributed by atoms with E-state index in [-0.39, 0.29) is 27.8 Å². The summed E-state index contributed by atoms with van der Waals surface area (Å²) in [6.45, 7) is 1.41. The number of halogens is 1. The Kier molecular flexibility index (Phi) is 6.84. The van der Waals surface area contributed by atoms with Crippen molar-refractivity contribution in [3.05, 3.63) is 93.0 Å². The van der Waals surface area contributed by atoms with Gasteiger partial charge in [-0.15, -0.1) is 0 Å². The molecule has 0 radical (unpaired) electrons. The molecule has 3 rings (SSSR count). The number of para-hydroxylation sites is 1. The molecule has 31 heavy (non-hydrogen) atoms. The second-order valence-electron chi connectivity index (χ2n) is 6.43. The van der Waals surface area contributed by atoms with Crippen LogP contribution in [0.2, 0.25) is 5.02 Å². The standard InChI is InChI=1S/C22H17ClN2O6/c1-14-4-2-3-5-18(14)24-21(26)13-30-22(27)15-6-9-17(10-7-15)31-20-11-8-16(23)12-19(20)25(28)29/h2-12H,13H2,1H3,(H,24,26). The van der Waals surface area contributed by atoms with Gasteiger partial charge in [-0.3, -0.25) is 14.9 Å². The van der Waals surface area contributed by atoms with Crippen LogP contribution in [-0.2, 0) is 9.53 Å². The lowest BCUT2D eigenvalue weighted by Crippen LogP contribution is -2.21. The molecule has 8 nitrogen and oxygen atoms in total. The third-order valence-electron chi connectivity index (χ3n) is 4.19. The number of hydrogen-bond acceptors (Lipinski definition) is 6. The quantitative estimate of drug-likeness (QED) is 0.309. The van der Waals surface area contributed by atoms with E-state index in [4.69, 9.17) is 21.1 Å². The van der Waals surface area contributed by atoms with Gasteiger partial charge in [0.05, 0.1) is 10.5 Å². The van der Waals surface area contributed by atoms with Crippen LogP contribution in [0.5, 0.6) is 11.5 Å². The predicted octanol–water partition coefficient (Wildman–Crippen LogP) is 5.14. The number of ether oxygens (including phenoxy) is 2. The first kappa shape index (κ1) is 21.8. The third kappa shape index (κ3) is 5.80. The fourth-order valence-corrected chi connectivity index (χ4v) is 2.79. The summed E-state index contributed by atoms with van der Waals surface area (Å²) in [5.74, 6) is -0.863. The highest BCUT2D eigenvalue weighted by Crippen LogP contribution is 2.33. The second-order valence-corrected chi connectivity index (χ2v) is 6.87. The van der Waals surface area contributed by atoms with Gasteiger partial charge in [0.25, 0.3) is 5.91 Å². The molecule has 0 saturated carbocycles. The summed E-state index contributed by atoms with van der Waals surface area (Å²) in [6.07, 6.45) is 0. The third-order valence-corrected chi connectivity index (χ3v) is 4.42. The topological polar surface area (TPSA) is 108 Å². The first-order valence-electron chi connectivity index (χ1n) is 9.08. The smallest absolute Gasteiger partial charge is 0.338 e. The number of benzene rings is 3. The molecule has 0 aliphatic heterocycles. The molecule has 3 aromatic carbocycles. The summed E-state index contributed by atoms with van der Waals surface area (Å²) in [5, 5.41) is 14.0. The average Bonchev–Trinajstić information content (AvgIpc) is 2.75. The summed E-state index contributed by atoms with van der Waals surface area (Å²) in [4.78, 5) is 34.7. The lowest BCUT2D eigenvalue weighted by molar-refractivity contribution is -0.385. The summed E-state index contributed by atoms with van der Waals surface area (Å²) in [6, 6.07) is 17.1. The first-order valence-corrected chi connectivity index (χ1v) is 9.46. The van der Waals surface area contributed by atoms with Crippen molar-refractivity contribution in [2.24, 2.45) is 0 Å². The maximum absolute atomic E-state index is 12.2. The summed E-state index contributed by atoms with van der Waals surface area (Å²) >= 11 is 5.78. The Morgan fingerprint density at radius 1 is 1.06 bits per heavy atom. The zero-order chi connectivity index (χ0) is 22.4. The lowest BCUT2D eigenvalue weighted by Gasteiger charge is -2.09. The molecule has 0 unspecified atom stereocenters. The zero-order valence-corrected chi connectivity index (χ0v) is 17.1. The summed E-state index contributed by atoms with van der Waals surface area (Å²) in [7, 11) is 0. The minimum atomic E-state index is -0.691.